The molecule has 15 heavy (non-hydrogen) atoms. The Kier molecular flexibility index (Phi) is 5.07. The zero-order valence-electron chi connectivity index (χ0n) is 8.92. The summed E-state index contributed by atoms with van der Waals surface area (Å²) in [5.41, 5.74) is 6.22. The predicted octanol–water partition coefficient (Wildman–Crippen LogP) is 1.27. The number of benzene rings is 1. The first-order chi connectivity index (χ1) is 7.27. The van der Waals surface area contributed by atoms with Gasteiger partial charge in [0.05, 0.1) is 6.61 Å². The Morgan fingerprint density at radius 3 is 2.87 bits per heavy atom. The second kappa shape index (κ2) is 6.37. The van der Waals surface area contributed by atoms with E-state index < -0.39 is 0 Å². The summed E-state index contributed by atoms with van der Waals surface area (Å²) in [5.74, 6) is -0.0102. The van der Waals surface area contributed by atoms with E-state index in [1.54, 1.807) is 6.07 Å². The van der Waals surface area contributed by atoms with Crippen LogP contribution < -0.4 is 15.8 Å². The molecule has 0 saturated carbocycles. The van der Waals surface area contributed by atoms with Crippen LogP contribution in [0, 0.1) is 5.82 Å². The number of hydrogen-bond acceptors (Lipinski definition) is 3. The third-order valence-electron chi connectivity index (χ3n) is 1.95. The molecule has 0 radical (unpaired) electrons. The minimum atomic E-state index is -0.316. The first kappa shape index (κ1) is 11.9. The Hall–Kier alpha value is -1.13. The lowest BCUT2D eigenvalue weighted by Crippen LogP contribution is -2.21. The molecule has 1 aromatic carbocycles. The lowest BCUT2D eigenvalue weighted by Gasteiger charge is -2.07. The van der Waals surface area contributed by atoms with Crippen LogP contribution in [0.15, 0.2) is 18.2 Å². The number of halogens is 1. The summed E-state index contributed by atoms with van der Waals surface area (Å²) in [6.45, 7) is 4.24. The van der Waals surface area contributed by atoms with Crippen LogP contribution in [-0.4, -0.2) is 19.7 Å². The maximum Gasteiger partial charge on any atom is 0.165 e. The maximum absolute atomic E-state index is 13.4. The molecule has 0 unspecified atom stereocenters. The highest BCUT2D eigenvalue weighted by Gasteiger charge is 2.03. The van der Waals surface area contributed by atoms with Crippen LogP contribution in [0.1, 0.15) is 12.5 Å². The van der Waals surface area contributed by atoms with E-state index in [9.17, 15) is 4.39 Å². The minimum Gasteiger partial charge on any atom is -0.491 e. The third kappa shape index (κ3) is 3.85. The molecule has 3 nitrogen and oxygen atoms in total. The quantitative estimate of drug-likeness (QED) is 0.698. The molecule has 4 heteroatoms. The number of hydrogen-bond donors (Lipinski definition) is 2. The Labute approximate surface area is 89.4 Å². The van der Waals surface area contributed by atoms with Crippen molar-refractivity contribution < 1.29 is 9.13 Å². The van der Waals surface area contributed by atoms with E-state index >= 15 is 0 Å². The molecule has 0 heterocycles. The average Bonchev–Trinajstić information content (AvgIpc) is 2.23. The van der Waals surface area contributed by atoms with Gasteiger partial charge < -0.3 is 15.8 Å². The first-order valence-corrected chi connectivity index (χ1v) is 5.10. The number of ether oxygens (including phenoxy) is 1. The van der Waals surface area contributed by atoms with E-state index in [-0.39, 0.29) is 5.82 Å². The largest absolute Gasteiger partial charge is 0.491 e. The van der Waals surface area contributed by atoms with E-state index in [4.69, 9.17) is 10.5 Å². The smallest absolute Gasteiger partial charge is 0.165 e. The molecule has 3 N–H and O–H groups in total. The van der Waals surface area contributed by atoms with E-state index in [0.717, 1.165) is 12.1 Å². The summed E-state index contributed by atoms with van der Waals surface area (Å²) in [5, 5.41) is 3.10. The molecule has 0 aliphatic heterocycles. The Bertz CT molecular complexity index is 305. The molecule has 0 amide bonds. The monoisotopic (exact) mass is 212 g/mol. The molecular weight excluding hydrogens is 195 g/mol. The van der Waals surface area contributed by atoms with Crippen molar-refractivity contribution in [2.45, 2.75) is 13.5 Å². The van der Waals surface area contributed by atoms with Gasteiger partial charge in [0.25, 0.3) is 0 Å². The molecule has 1 rings (SSSR count). The second-order valence-electron chi connectivity index (χ2n) is 3.16. The van der Waals surface area contributed by atoms with E-state index in [0.29, 0.717) is 25.4 Å². The van der Waals surface area contributed by atoms with Crippen LogP contribution in [0.2, 0.25) is 0 Å². The molecule has 0 atom stereocenters. The van der Waals surface area contributed by atoms with Crippen LogP contribution >= 0.6 is 0 Å². The molecule has 0 aliphatic rings. The highest BCUT2D eigenvalue weighted by molar-refractivity contribution is 5.29. The van der Waals surface area contributed by atoms with Crippen molar-refractivity contribution in [2.75, 3.05) is 19.7 Å². The van der Waals surface area contributed by atoms with Gasteiger partial charge in [-0.3, -0.25) is 0 Å². The fraction of sp³-hybridized carbons (Fsp3) is 0.455. The summed E-state index contributed by atoms with van der Waals surface area (Å²) in [6, 6.07) is 4.98. The van der Waals surface area contributed by atoms with E-state index in [1.165, 1.54) is 6.07 Å². The van der Waals surface area contributed by atoms with Crippen molar-refractivity contribution in [2.24, 2.45) is 5.73 Å². The second-order valence-corrected chi connectivity index (χ2v) is 3.16. The highest BCUT2D eigenvalue weighted by atomic mass is 19.1. The zero-order valence-corrected chi connectivity index (χ0v) is 8.92. The van der Waals surface area contributed by atoms with Gasteiger partial charge in [0, 0.05) is 19.6 Å². The van der Waals surface area contributed by atoms with Gasteiger partial charge in [-0.25, -0.2) is 4.39 Å². The molecule has 0 aromatic heterocycles. The molecule has 0 spiro atoms. The molecule has 1 aromatic rings. The average molecular weight is 212 g/mol. The summed E-state index contributed by atoms with van der Waals surface area (Å²) in [7, 11) is 0. The lowest BCUT2D eigenvalue weighted by molar-refractivity contribution is 0.321. The van der Waals surface area contributed by atoms with Crippen molar-refractivity contribution in [3.05, 3.63) is 29.6 Å². The van der Waals surface area contributed by atoms with Gasteiger partial charge in [-0.1, -0.05) is 6.07 Å². The Morgan fingerprint density at radius 1 is 1.47 bits per heavy atom. The van der Waals surface area contributed by atoms with Gasteiger partial charge in [0.15, 0.2) is 11.6 Å². The topological polar surface area (TPSA) is 47.3 Å². The van der Waals surface area contributed by atoms with Gasteiger partial charge >= 0.3 is 0 Å². The summed E-state index contributed by atoms with van der Waals surface area (Å²) in [4.78, 5) is 0. The van der Waals surface area contributed by atoms with Crippen molar-refractivity contribution in [3.63, 3.8) is 0 Å². The molecule has 84 valence electrons. The minimum absolute atomic E-state index is 0.306. The molecule has 0 saturated heterocycles. The fourth-order valence-electron chi connectivity index (χ4n) is 1.26. The van der Waals surface area contributed by atoms with Crippen LogP contribution in [0.25, 0.3) is 0 Å². The third-order valence-corrected chi connectivity index (χ3v) is 1.95. The molecule has 0 bridgehead atoms. The highest BCUT2D eigenvalue weighted by Crippen LogP contribution is 2.18. The SMILES string of the molecule is CCOc1ccc(CNCCN)cc1F. The van der Waals surface area contributed by atoms with Gasteiger partial charge in [-0.15, -0.1) is 0 Å². The van der Waals surface area contributed by atoms with E-state index in [1.807, 2.05) is 13.0 Å². The lowest BCUT2D eigenvalue weighted by atomic mass is 10.2. The van der Waals surface area contributed by atoms with Gasteiger partial charge in [0.2, 0.25) is 0 Å². The maximum atomic E-state index is 13.4. The van der Waals surface area contributed by atoms with Crippen molar-refractivity contribution >= 4 is 0 Å². The summed E-state index contributed by atoms with van der Waals surface area (Å²) in [6.07, 6.45) is 0. The number of nitrogens with two attached hydrogens (primary N) is 1. The Balaban J connectivity index is 2.56. The zero-order chi connectivity index (χ0) is 11.1. The van der Waals surface area contributed by atoms with Crippen LogP contribution in [0.5, 0.6) is 5.75 Å². The van der Waals surface area contributed by atoms with Gasteiger partial charge in [-0.05, 0) is 24.6 Å². The first-order valence-electron chi connectivity index (χ1n) is 5.10. The normalized spacial score (nSPS) is 10.3. The van der Waals surface area contributed by atoms with Gasteiger partial charge in [-0.2, -0.15) is 0 Å². The fourth-order valence-corrected chi connectivity index (χ4v) is 1.26. The molecular formula is C11H17FN2O. The number of nitrogens with one attached hydrogen (secondary N) is 1. The molecule has 0 aliphatic carbocycles. The van der Waals surface area contributed by atoms with Crippen molar-refractivity contribution in [1.29, 1.82) is 0 Å². The van der Waals surface area contributed by atoms with E-state index in [2.05, 4.69) is 5.32 Å². The van der Waals surface area contributed by atoms with Crippen molar-refractivity contribution in [3.8, 4) is 5.75 Å². The Morgan fingerprint density at radius 2 is 2.27 bits per heavy atom. The van der Waals surface area contributed by atoms with Crippen molar-refractivity contribution in [1.82, 2.24) is 5.32 Å². The predicted molar refractivity (Wildman–Crippen MR) is 58.3 cm³/mol. The molecule has 0 fully saturated rings. The van der Waals surface area contributed by atoms with Gasteiger partial charge in [0.1, 0.15) is 0 Å². The summed E-state index contributed by atoms with van der Waals surface area (Å²) >= 11 is 0. The standard InChI is InChI=1S/C11H17FN2O/c1-2-15-11-4-3-9(7-10(11)12)8-14-6-5-13/h3-4,7,14H,2,5-6,8,13H2,1H3. The number of rotatable bonds is 6. The summed E-state index contributed by atoms with van der Waals surface area (Å²) < 4.78 is 18.5. The van der Waals surface area contributed by atoms with Crippen LogP contribution in [-0.2, 0) is 6.54 Å². The van der Waals surface area contributed by atoms with Crippen LogP contribution in [0.4, 0.5) is 4.39 Å². The van der Waals surface area contributed by atoms with Crippen LogP contribution in [0.3, 0.4) is 0 Å².